The van der Waals surface area contributed by atoms with Crippen molar-refractivity contribution in [3.8, 4) is 0 Å². The molecule has 0 radical (unpaired) electrons. The minimum atomic E-state index is -0.219. The smallest absolute Gasteiger partial charge is 0.276 e. The summed E-state index contributed by atoms with van der Waals surface area (Å²) in [4.78, 5) is 25.4. The number of benzene rings is 2. The van der Waals surface area contributed by atoms with Crippen LogP contribution in [-0.4, -0.2) is 27.3 Å². The van der Waals surface area contributed by atoms with Crippen LogP contribution in [0, 0.1) is 0 Å². The molecule has 0 saturated carbocycles. The Morgan fingerprint density at radius 1 is 1.00 bits per heavy atom. The molecule has 1 aliphatic rings. The van der Waals surface area contributed by atoms with E-state index in [9.17, 15) is 4.79 Å². The summed E-state index contributed by atoms with van der Waals surface area (Å²) < 4.78 is 0. The molecule has 0 aliphatic carbocycles. The second-order valence-corrected chi connectivity index (χ2v) is 8.26. The minimum Gasteiger partial charge on any atom is -0.296 e. The summed E-state index contributed by atoms with van der Waals surface area (Å²) in [6, 6.07) is 22.0. The number of para-hydroxylation sites is 1. The molecule has 5 nitrogen and oxygen atoms in total. The summed E-state index contributed by atoms with van der Waals surface area (Å²) in [6.07, 6.45) is 0.906. The molecule has 144 valence electrons. The topological polar surface area (TPSA) is 58.1 Å². The van der Waals surface area contributed by atoms with Crippen LogP contribution < -0.4 is 5.32 Å². The van der Waals surface area contributed by atoms with Crippen molar-refractivity contribution in [3.63, 3.8) is 0 Å². The maximum absolute atomic E-state index is 12.7. The maximum atomic E-state index is 12.7. The van der Waals surface area contributed by atoms with Gasteiger partial charge in [0.1, 0.15) is 5.69 Å². The third kappa shape index (κ3) is 3.90. The average molecular weight is 401 g/mol. The summed E-state index contributed by atoms with van der Waals surface area (Å²) in [6.45, 7) is 2.78. The predicted octanol–water partition coefficient (Wildman–Crippen LogP) is 4.50. The van der Waals surface area contributed by atoms with E-state index in [4.69, 9.17) is 0 Å². The van der Waals surface area contributed by atoms with Crippen molar-refractivity contribution in [3.05, 3.63) is 88.6 Å². The van der Waals surface area contributed by atoms with Crippen molar-refractivity contribution < 1.29 is 4.79 Å². The summed E-state index contributed by atoms with van der Waals surface area (Å²) in [5, 5.41) is 4.60. The van der Waals surface area contributed by atoms with Gasteiger partial charge in [-0.1, -0.05) is 54.6 Å². The monoisotopic (exact) mass is 400 g/mol. The van der Waals surface area contributed by atoms with Crippen molar-refractivity contribution in [1.29, 1.82) is 0 Å². The minimum absolute atomic E-state index is 0.219. The van der Waals surface area contributed by atoms with Gasteiger partial charge in [-0.3, -0.25) is 15.0 Å². The lowest BCUT2D eigenvalue weighted by molar-refractivity contribution is 0.102. The molecule has 6 heteroatoms. The third-order valence-electron chi connectivity index (χ3n) is 5.11. The van der Waals surface area contributed by atoms with Gasteiger partial charge in [0.15, 0.2) is 5.13 Å². The van der Waals surface area contributed by atoms with Crippen LogP contribution in [0.2, 0.25) is 0 Å². The largest absolute Gasteiger partial charge is 0.296 e. The Morgan fingerprint density at radius 3 is 2.72 bits per heavy atom. The highest BCUT2D eigenvalue weighted by Gasteiger charge is 2.22. The van der Waals surface area contributed by atoms with Gasteiger partial charge < -0.3 is 0 Å². The fourth-order valence-electron chi connectivity index (χ4n) is 3.63. The van der Waals surface area contributed by atoms with Crippen molar-refractivity contribution in [2.45, 2.75) is 19.5 Å². The van der Waals surface area contributed by atoms with E-state index >= 15 is 0 Å². The molecule has 4 aromatic rings. The lowest BCUT2D eigenvalue weighted by Gasteiger charge is -2.25. The second kappa shape index (κ2) is 7.73. The van der Waals surface area contributed by atoms with Gasteiger partial charge in [0.25, 0.3) is 5.91 Å². The standard InChI is InChI=1S/C23H20N4OS/c28-22(20-11-10-17-8-4-5-9-18(17)24-20)26-23-25-19-12-13-27(15-21(19)29-23)14-16-6-2-1-3-7-16/h1-11H,12-15H2,(H,25,26,28). The van der Waals surface area contributed by atoms with Crippen molar-refractivity contribution in [1.82, 2.24) is 14.9 Å². The lowest BCUT2D eigenvalue weighted by atomic mass is 10.1. The summed E-state index contributed by atoms with van der Waals surface area (Å²) in [5.74, 6) is -0.219. The molecule has 3 heterocycles. The molecule has 1 aliphatic heterocycles. The molecule has 2 aromatic carbocycles. The van der Waals surface area contributed by atoms with E-state index in [-0.39, 0.29) is 5.91 Å². The summed E-state index contributed by atoms with van der Waals surface area (Å²) in [7, 11) is 0. The Balaban J connectivity index is 1.29. The zero-order valence-corrected chi connectivity index (χ0v) is 16.7. The number of aromatic nitrogens is 2. The van der Waals surface area contributed by atoms with Crippen molar-refractivity contribution >= 4 is 33.3 Å². The fourth-order valence-corrected chi connectivity index (χ4v) is 4.68. The number of carbonyl (C=O) groups excluding carboxylic acids is 1. The molecule has 0 spiro atoms. The highest BCUT2D eigenvalue weighted by molar-refractivity contribution is 7.15. The number of hydrogen-bond donors (Lipinski definition) is 1. The molecule has 1 N–H and O–H groups in total. The number of nitrogens with zero attached hydrogens (tertiary/aromatic N) is 3. The van der Waals surface area contributed by atoms with Crippen LogP contribution in [0.5, 0.6) is 0 Å². The van der Waals surface area contributed by atoms with Crippen LogP contribution in [-0.2, 0) is 19.5 Å². The molecule has 29 heavy (non-hydrogen) atoms. The van der Waals surface area contributed by atoms with Gasteiger partial charge in [0.2, 0.25) is 0 Å². The SMILES string of the molecule is O=C(Nc1nc2c(s1)CN(Cc1ccccc1)CC2)c1ccc2ccccc2n1. The molecule has 0 fully saturated rings. The quantitative estimate of drug-likeness (QED) is 0.548. The average Bonchev–Trinajstić information content (AvgIpc) is 3.15. The highest BCUT2D eigenvalue weighted by Crippen LogP contribution is 2.29. The lowest BCUT2D eigenvalue weighted by Crippen LogP contribution is -2.29. The van der Waals surface area contributed by atoms with Crippen LogP contribution in [0.1, 0.15) is 26.6 Å². The predicted molar refractivity (Wildman–Crippen MR) is 116 cm³/mol. The molecule has 0 unspecified atom stereocenters. The number of nitrogens with one attached hydrogen (secondary N) is 1. The molecule has 1 amide bonds. The van der Waals surface area contributed by atoms with E-state index in [1.54, 1.807) is 17.4 Å². The Kier molecular flexibility index (Phi) is 4.79. The number of thiazole rings is 1. The highest BCUT2D eigenvalue weighted by atomic mass is 32.1. The zero-order valence-electron chi connectivity index (χ0n) is 15.8. The van der Waals surface area contributed by atoms with Gasteiger partial charge in [-0.2, -0.15) is 0 Å². The molecular formula is C23H20N4OS. The van der Waals surface area contributed by atoms with Crippen LogP contribution in [0.4, 0.5) is 5.13 Å². The van der Waals surface area contributed by atoms with Gasteiger partial charge in [-0.25, -0.2) is 9.97 Å². The third-order valence-corrected chi connectivity index (χ3v) is 6.11. The van der Waals surface area contributed by atoms with E-state index in [0.717, 1.165) is 42.7 Å². The number of carbonyl (C=O) groups is 1. The molecular weight excluding hydrogens is 380 g/mol. The summed E-state index contributed by atoms with van der Waals surface area (Å²) >= 11 is 1.56. The van der Waals surface area contributed by atoms with Gasteiger partial charge in [-0.15, -0.1) is 11.3 Å². The number of fused-ring (bicyclic) bond motifs is 2. The van der Waals surface area contributed by atoms with Gasteiger partial charge in [0, 0.05) is 36.3 Å². The number of amides is 1. The Bertz CT molecular complexity index is 1170. The number of hydrogen-bond acceptors (Lipinski definition) is 5. The number of rotatable bonds is 4. The summed E-state index contributed by atoms with van der Waals surface area (Å²) in [5.41, 5.74) is 3.63. The van der Waals surface area contributed by atoms with Crippen LogP contribution >= 0.6 is 11.3 Å². The first-order chi connectivity index (χ1) is 14.2. The van der Waals surface area contributed by atoms with Gasteiger partial charge in [0.05, 0.1) is 11.2 Å². The van der Waals surface area contributed by atoms with E-state index in [2.05, 4.69) is 44.5 Å². The molecule has 5 rings (SSSR count). The van der Waals surface area contributed by atoms with Crippen LogP contribution in [0.3, 0.4) is 0 Å². The maximum Gasteiger partial charge on any atom is 0.276 e. The number of anilines is 1. The Morgan fingerprint density at radius 2 is 1.83 bits per heavy atom. The molecule has 0 bridgehead atoms. The zero-order chi connectivity index (χ0) is 19.6. The second-order valence-electron chi connectivity index (χ2n) is 7.18. The number of pyridine rings is 1. The first kappa shape index (κ1) is 18.0. The van der Waals surface area contributed by atoms with E-state index in [1.807, 2.05) is 36.4 Å². The van der Waals surface area contributed by atoms with Gasteiger partial charge >= 0.3 is 0 Å². The fraction of sp³-hybridized carbons (Fsp3) is 0.174. The molecule has 0 atom stereocenters. The first-order valence-corrected chi connectivity index (χ1v) is 10.5. The van der Waals surface area contributed by atoms with E-state index < -0.39 is 0 Å². The van der Waals surface area contributed by atoms with Crippen molar-refractivity contribution in [2.24, 2.45) is 0 Å². The Hall–Kier alpha value is -3.09. The van der Waals surface area contributed by atoms with E-state index in [0.29, 0.717) is 10.8 Å². The van der Waals surface area contributed by atoms with Crippen LogP contribution in [0.25, 0.3) is 10.9 Å². The van der Waals surface area contributed by atoms with Gasteiger partial charge in [-0.05, 0) is 17.7 Å². The first-order valence-electron chi connectivity index (χ1n) is 9.66. The normalized spacial score (nSPS) is 13.9. The Labute approximate surface area is 173 Å². The van der Waals surface area contributed by atoms with E-state index in [1.165, 1.54) is 10.4 Å². The van der Waals surface area contributed by atoms with Crippen molar-refractivity contribution in [2.75, 3.05) is 11.9 Å². The molecule has 0 saturated heterocycles. The van der Waals surface area contributed by atoms with Crippen LogP contribution in [0.15, 0.2) is 66.7 Å². The molecule has 2 aromatic heterocycles.